The predicted octanol–water partition coefficient (Wildman–Crippen LogP) is 5.45. The van der Waals surface area contributed by atoms with E-state index in [1.165, 1.54) is 0 Å². The van der Waals surface area contributed by atoms with Gasteiger partial charge in [-0.3, -0.25) is 4.90 Å². The Hall–Kier alpha value is -0.910. The first-order valence-electron chi connectivity index (χ1n) is 9.92. The summed E-state index contributed by atoms with van der Waals surface area (Å²) in [6, 6.07) is 16.0. The molecule has 0 aromatic heterocycles. The van der Waals surface area contributed by atoms with Crippen LogP contribution in [0.4, 0.5) is 0 Å². The van der Waals surface area contributed by atoms with Gasteiger partial charge in [0.2, 0.25) is 0 Å². The second kappa shape index (κ2) is 9.73. The van der Waals surface area contributed by atoms with Crippen LogP contribution >= 0.6 is 27.5 Å². The van der Waals surface area contributed by atoms with Crippen LogP contribution in [0.1, 0.15) is 37.3 Å². The number of benzene rings is 2. The normalized spacial score (nSPS) is 18.8. The molecule has 1 aliphatic heterocycles. The number of rotatable bonds is 7. The maximum atomic E-state index is 12.2. The number of halogens is 2. The second-order valence-corrected chi connectivity index (χ2v) is 9.40. The van der Waals surface area contributed by atoms with Crippen molar-refractivity contribution in [1.29, 1.82) is 0 Å². The molecule has 2 aromatic carbocycles. The lowest BCUT2D eigenvalue weighted by molar-refractivity contribution is -0.0356. The van der Waals surface area contributed by atoms with Crippen LogP contribution < -0.4 is 0 Å². The molecule has 152 valence electrons. The van der Waals surface area contributed by atoms with Gasteiger partial charge in [0.15, 0.2) is 0 Å². The van der Waals surface area contributed by atoms with E-state index in [4.69, 9.17) is 16.3 Å². The van der Waals surface area contributed by atoms with Crippen LogP contribution in [0, 0.1) is 5.92 Å². The van der Waals surface area contributed by atoms with Gasteiger partial charge in [0.1, 0.15) is 0 Å². The lowest BCUT2D eigenvalue weighted by Crippen LogP contribution is -2.45. The molecule has 1 N–H and O–H groups in total. The number of morpholine rings is 1. The maximum absolute atomic E-state index is 12.2. The van der Waals surface area contributed by atoms with Crippen LogP contribution in [-0.4, -0.2) is 42.9 Å². The van der Waals surface area contributed by atoms with Crippen LogP contribution in [0.3, 0.4) is 0 Å². The van der Waals surface area contributed by atoms with Crippen molar-refractivity contribution in [3.05, 3.63) is 69.2 Å². The largest absolute Gasteiger partial charge is 0.384 e. The van der Waals surface area contributed by atoms with Gasteiger partial charge in [-0.2, -0.15) is 0 Å². The van der Waals surface area contributed by atoms with Gasteiger partial charge in [-0.15, -0.1) is 0 Å². The summed E-state index contributed by atoms with van der Waals surface area (Å²) in [4.78, 5) is 2.40. The zero-order chi connectivity index (χ0) is 20.1. The van der Waals surface area contributed by atoms with Crippen LogP contribution in [0.15, 0.2) is 53.0 Å². The van der Waals surface area contributed by atoms with E-state index < -0.39 is 5.60 Å². The van der Waals surface area contributed by atoms with Gasteiger partial charge in [-0.05, 0) is 47.7 Å². The van der Waals surface area contributed by atoms with Gasteiger partial charge in [0, 0.05) is 35.0 Å². The van der Waals surface area contributed by atoms with Crippen molar-refractivity contribution in [2.45, 2.75) is 31.8 Å². The Bertz CT molecular complexity index is 744. The van der Waals surface area contributed by atoms with Crippen molar-refractivity contribution < 1.29 is 9.84 Å². The average molecular weight is 467 g/mol. The van der Waals surface area contributed by atoms with Gasteiger partial charge >= 0.3 is 0 Å². The fourth-order valence-corrected chi connectivity index (χ4v) is 4.48. The topological polar surface area (TPSA) is 32.7 Å². The molecule has 0 aliphatic carbocycles. The minimum atomic E-state index is -0.971. The molecule has 3 nitrogen and oxygen atoms in total. The number of nitrogens with zero attached hydrogens (tertiary/aromatic N) is 1. The summed E-state index contributed by atoms with van der Waals surface area (Å²) >= 11 is 9.66. The molecule has 0 amide bonds. The summed E-state index contributed by atoms with van der Waals surface area (Å²) < 4.78 is 6.54. The monoisotopic (exact) mass is 465 g/mol. The molecule has 0 bridgehead atoms. The highest BCUT2D eigenvalue weighted by Gasteiger charge is 2.41. The minimum Gasteiger partial charge on any atom is -0.384 e. The summed E-state index contributed by atoms with van der Waals surface area (Å²) in [6.45, 7) is 8.38. The number of hydrogen-bond acceptors (Lipinski definition) is 3. The highest BCUT2D eigenvalue weighted by Crippen LogP contribution is 2.43. The Morgan fingerprint density at radius 1 is 1.07 bits per heavy atom. The lowest BCUT2D eigenvalue weighted by Gasteiger charge is -2.42. The molecule has 28 heavy (non-hydrogen) atoms. The third kappa shape index (κ3) is 5.37. The molecular formula is C23H29BrClNO2. The molecule has 1 aliphatic rings. The van der Waals surface area contributed by atoms with E-state index in [0.717, 1.165) is 48.4 Å². The molecule has 1 heterocycles. The molecule has 0 radical (unpaired) electrons. The number of ether oxygens (including phenoxy) is 1. The Morgan fingerprint density at radius 3 is 2.25 bits per heavy atom. The Morgan fingerprint density at radius 2 is 1.68 bits per heavy atom. The van der Waals surface area contributed by atoms with Crippen LogP contribution in [0.2, 0.25) is 5.02 Å². The summed E-state index contributed by atoms with van der Waals surface area (Å²) in [5.41, 5.74) is 1.10. The fraction of sp³-hybridized carbons (Fsp3) is 0.478. The van der Waals surface area contributed by atoms with E-state index in [2.05, 4.69) is 46.8 Å². The first-order valence-corrected chi connectivity index (χ1v) is 11.1. The van der Waals surface area contributed by atoms with E-state index in [1.54, 1.807) is 0 Å². The van der Waals surface area contributed by atoms with E-state index in [9.17, 15) is 5.11 Å². The molecule has 0 spiro atoms. The van der Waals surface area contributed by atoms with E-state index >= 15 is 0 Å². The highest BCUT2D eigenvalue weighted by atomic mass is 79.9. The van der Waals surface area contributed by atoms with Crippen molar-refractivity contribution >= 4 is 27.5 Å². The van der Waals surface area contributed by atoms with Gasteiger partial charge in [-0.1, -0.05) is 65.6 Å². The van der Waals surface area contributed by atoms with Crippen molar-refractivity contribution in [3.63, 3.8) is 0 Å². The Kier molecular flexibility index (Phi) is 7.57. The maximum Gasteiger partial charge on any atom is 0.0979 e. The van der Waals surface area contributed by atoms with Crippen molar-refractivity contribution in [2.24, 2.45) is 5.92 Å². The lowest BCUT2D eigenvalue weighted by atomic mass is 9.72. The van der Waals surface area contributed by atoms with E-state index in [0.29, 0.717) is 17.4 Å². The molecular weight excluding hydrogens is 438 g/mol. The SMILES string of the molecule is CC(C)C[C@@](O)(c1ccc(Br)cc1)[C@H](CN1CCOCC1)c1ccc(Cl)cc1. The number of aliphatic hydroxyl groups is 1. The van der Waals surface area contributed by atoms with Crippen LogP contribution in [0.5, 0.6) is 0 Å². The molecule has 0 unspecified atom stereocenters. The first-order chi connectivity index (χ1) is 13.4. The quantitative estimate of drug-likeness (QED) is 0.589. The molecule has 1 fully saturated rings. The van der Waals surface area contributed by atoms with Gasteiger partial charge in [0.05, 0.1) is 18.8 Å². The summed E-state index contributed by atoms with van der Waals surface area (Å²) in [5, 5.41) is 12.9. The first kappa shape index (κ1) is 21.8. The smallest absolute Gasteiger partial charge is 0.0979 e. The van der Waals surface area contributed by atoms with E-state index in [-0.39, 0.29) is 5.92 Å². The highest BCUT2D eigenvalue weighted by molar-refractivity contribution is 9.10. The second-order valence-electron chi connectivity index (χ2n) is 8.05. The molecule has 1 saturated heterocycles. The summed E-state index contributed by atoms with van der Waals surface area (Å²) in [6.07, 6.45) is 0.687. The fourth-order valence-electron chi connectivity index (χ4n) is 4.09. The summed E-state index contributed by atoms with van der Waals surface area (Å²) in [5.74, 6) is 0.291. The van der Waals surface area contributed by atoms with Gasteiger partial charge in [0.25, 0.3) is 0 Å². The standard InChI is InChI=1S/C23H29BrClNO2/c1-17(2)15-23(27,19-5-7-20(24)8-6-19)22(16-26-11-13-28-14-12-26)18-3-9-21(25)10-4-18/h3-10,17,22,27H,11-16H2,1-2H3/t22-,23-/m1/s1. The molecule has 5 heteroatoms. The minimum absolute atomic E-state index is 0.0635. The average Bonchev–Trinajstić information content (AvgIpc) is 2.67. The molecule has 0 saturated carbocycles. The van der Waals surface area contributed by atoms with Crippen LogP contribution in [-0.2, 0) is 10.3 Å². The zero-order valence-corrected chi connectivity index (χ0v) is 18.9. The van der Waals surface area contributed by atoms with Crippen molar-refractivity contribution in [1.82, 2.24) is 4.90 Å². The van der Waals surface area contributed by atoms with Crippen molar-refractivity contribution in [3.8, 4) is 0 Å². The third-order valence-corrected chi connectivity index (χ3v) is 6.24. The Labute approximate surface area is 181 Å². The van der Waals surface area contributed by atoms with Crippen molar-refractivity contribution in [2.75, 3.05) is 32.8 Å². The Balaban J connectivity index is 2.03. The van der Waals surface area contributed by atoms with Gasteiger partial charge in [-0.25, -0.2) is 0 Å². The predicted molar refractivity (Wildman–Crippen MR) is 119 cm³/mol. The van der Waals surface area contributed by atoms with Gasteiger partial charge < -0.3 is 9.84 Å². The third-order valence-electron chi connectivity index (χ3n) is 5.46. The summed E-state index contributed by atoms with van der Waals surface area (Å²) in [7, 11) is 0. The molecule has 3 rings (SSSR count). The van der Waals surface area contributed by atoms with Crippen LogP contribution in [0.25, 0.3) is 0 Å². The molecule has 2 atom stereocenters. The zero-order valence-electron chi connectivity index (χ0n) is 16.6. The number of hydrogen-bond donors (Lipinski definition) is 1. The van der Waals surface area contributed by atoms with E-state index in [1.807, 2.05) is 36.4 Å². The molecule has 2 aromatic rings.